The Hall–Kier alpha value is -2.21. The average molecular weight is 396 g/mol. The van der Waals surface area contributed by atoms with Gasteiger partial charge in [0.15, 0.2) is 5.82 Å². The summed E-state index contributed by atoms with van der Waals surface area (Å²) in [4.78, 5) is 8.21. The number of aromatic nitrogens is 2. The zero-order chi connectivity index (χ0) is 18.0. The van der Waals surface area contributed by atoms with Crippen molar-refractivity contribution in [2.75, 3.05) is 11.1 Å². The number of anilines is 3. The maximum absolute atomic E-state index is 6.15. The van der Waals surface area contributed by atoms with Gasteiger partial charge in [-0.3, -0.25) is 0 Å². The van der Waals surface area contributed by atoms with Crippen LogP contribution in [0.1, 0.15) is 5.56 Å². The maximum Gasteiger partial charge on any atom is 0.248 e. The van der Waals surface area contributed by atoms with Crippen LogP contribution in [0.5, 0.6) is 11.6 Å². The normalized spacial score (nSPS) is 10.6. The summed E-state index contributed by atoms with van der Waals surface area (Å²) >= 11 is 18.2. The highest BCUT2D eigenvalue weighted by atomic mass is 35.5. The summed E-state index contributed by atoms with van der Waals surface area (Å²) in [5.41, 5.74) is 7.82. The lowest BCUT2D eigenvalue weighted by atomic mass is 10.2. The van der Waals surface area contributed by atoms with Crippen LogP contribution in [0.15, 0.2) is 42.7 Å². The minimum Gasteiger partial charge on any atom is -0.437 e. The van der Waals surface area contributed by atoms with Gasteiger partial charge in [-0.2, -0.15) is 4.98 Å². The second-order valence-electron chi connectivity index (χ2n) is 5.20. The zero-order valence-corrected chi connectivity index (χ0v) is 15.3. The van der Waals surface area contributed by atoms with Gasteiger partial charge in [0.2, 0.25) is 5.88 Å². The lowest BCUT2D eigenvalue weighted by Crippen LogP contribution is -2.03. The molecule has 25 heavy (non-hydrogen) atoms. The Kier molecular flexibility index (Phi) is 5.18. The van der Waals surface area contributed by atoms with Crippen LogP contribution < -0.4 is 15.8 Å². The molecule has 128 valence electrons. The van der Waals surface area contributed by atoms with Gasteiger partial charge in [-0.1, -0.05) is 34.8 Å². The molecule has 3 aromatic rings. The molecule has 0 aliphatic carbocycles. The van der Waals surface area contributed by atoms with Gasteiger partial charge in [0.1, 0.15) is 17.8 Å². The molecule has 0 amide bonds. The van der Waals surface area contributed by atoms with E-state index in [4.69, 9.17) is 45.3 Å². The molecule has 0 bridgehead atoms. The number of nitrogen functional groups attached to an aromatic ring is 1. The molecule has 0 fully saturated rings. The van der Waals surface area contributed by atoms with Gasteiger partial charge >= 0.3 is 0 Å². The highest BCUT2D eigenvalue weighted by Gasteiger charge is 2.12. The van der Waals surface area contributed by atoms with Crippen LogP contribution in [0.25, 0.3) is 0 Å². The topological polar surface area (TPSA) is 73.1 Å². The van der Waals surface area contributed by atoms with Crippen LogP contribution in [0.4, 0.5) is 17.2 Å². The van der Waals surface area contributed by atoms with Gasteiger partial charge in [0.05, 0.1) is 10.7 Å². The van der Waals surface area contributed by atoms with Crippen molar-refractivity contribution in [2.24, 2.45) is 0 Å². The van der Waals surface area contributed by atoms with Crippen LogP contribution >= 0.6 is 34.8 Å². The van der Waals surface area contributed by atoms with Crippen LogP contribution in [-0.2, 0) is 0 Å². The molecule has 0 aliphatic rings. The van der Waals surface area contributed by atoms with E-state index in [0.29, 0.717) is 32.3 Å². The molecule has 8 heteroatoms. The molecule has 0 saturated carbocycles. The van der Waals surface area contributed by atoms with E-state index in [0.717, 1.165) is 5.56 Å². The van der Waals surface area contributed by atoms with Crippen LogP contribution in [-0.4, -0.2) is 9.97 Å². The third kappa shape index (κ3) is 4.07. The number of ether oxygens (including phenoxy) is 1. The minimum absolute atomic E-state index is 0.220. The molecular weight excluding hydrogens is 383 g/mol. The van der Waals surface area contributed by atoms with Crippen molar-refractivity contribution in [3.63, 3.8) is 0 Å². The molecule has 0 spiro atoms. The summed E-state index contributed by atoms with van der Waals surface area (Å²) in [6.45, 7) is 1.88. The fourth-order valence-corrected chi connectivity index (χ4v) is 2.53. The van der Waals surface area contributed by atoms with Gasteiger partial charge < -0.3 is 15.8 Å². The number of rotatable bonds is 4. The first-order valence-electron chi connectivity index (χ1n) is 7.20. The number of hydrogen-bond acceptors (Lipinski definition) is 5. The van der Waals surface area contributed by atoms with Crippen molar-refractivity contribution in [1.82, 2.24) is 9.97 Å². The van der Waals surface area contributed by atoms with Crippen molar-refractivity contribution in [2.45, 2.75) is 6.92 Å². The molecule has 0 saturated heterocycles. The quantitative estimate of drug-likeness (QED) is 0.578. The minimum atomic E-state index is 0.220. The Morgan fingerprint density at radius 1 is 1.00 bits per heavy atom. The molecule has 3 N–H and O–H groups in total. The first-order chi connectivity index (χ1) is 11.9. The van der Waals surface area contributed by atoms with Crippen molar-refractivity contribution in [3.8, 4) is 11.6 Å². The predicted octanol–water partition coefficient (Wildman–Crippen LogP) is 5.86. The number of halogens is 3. The molecule has 0 aliphatic heterocycles. The van der Waals surface area contributed by atoms with Gasteiger partial charge in [-0.15, -0.1) is 0 Å². The van der Waals surface area contributed by atoms with E-state index in [1.54, 1.807) is 36.4 Å². The van der Waals surface area contributed by atoms with E-state index in [2.05, 4.69) is 15.3 Å². The molecule has 0 radical (unpaired) electrons. The van der Waals surface area contributed by atoms with Gasteiger partial charge in [-0.05, 0) is 48.9 Å². The summed E-state index contributed by atoms with van der Waals surface area (Å²) in [5, 5.41) is 4.71. The molecular formula is C17H13Cl3N4O. The standard InChI is InChI=1S/C17H13Cl3N4O/c1-9-6-11(3-5-12(9)19)25-17-15(21)16(22-8-23-17)24-14-7-10(18)2-4-13(14)20/h2-8H,21H2,1H3,(H,22,23,24). The molecule has 5 nitrogen and oxygen atoms in total. The summed E-state index contributed by atoms with van der Waals surface area (Å²) in [7, 11) is 0. The van der Waals surface area contributed by atoms with E-state index in [-0.39, 0.29) is 11.6 Å². The number of benzene rings is 2. The Balaban J connectivity index is 1.89. The average Bonchev–Trinajstić information content (AvgIpc) is 2.58. The highest BCUT2D eigenvalue weighted by Crippen LogP contribution is 2.34. The molecule has 1 heterocycles. The fraction of sp³-hybridized carbons (Fsp3) is 0.0588. The second kappa shape index (κ2) is 7.35. The largest absolute Gasteiger partial charge is 0.437 e. The van der Waals surface area contributed by atoms with E-state index >= 15 is 0 Å². The highest BCUT2D eigenvalue weighted by molar-refractivity contribution is 6.35. The number of nitrogens with one attached hydrogen (secondary N) is 1. The van der Waals surface area contributed by atoms with E-state index in [9.17, 15) is 0 Å². The molecule has 2 aromatic carbocycles. The first-order valence-corrected chi connectivity index (χ1v) is 8.34. The Labute approximate surface area is 159 Å². The van der Waals surface area contributed by atoms with Crippen LogP contribution in [0.2, 0.25) is 15.1 Å². The molecule has 1 aromatic heterocycles. The first kappa shape index (κ1) is 17.6. The molecule has 0 atom stereocenters. The van der Waals surface area contributed by atoms with E-state index in [1.165, 1.54) is 6.33 Å². The Morgan fingerprint density at radius 3 is 2.52 bits per heavy atom. The van der Waals surface area contributed by atoms with Gasteiger partial charge in [0, 0.05) is 10.0 Å². The lowest BCUT2D eigenvalue weighted by Gasteiger charge is -2.13. The Bertz CT molecular complexity index is 934. The smallest absolute Gasteiger partial charge is 0.248 e. The van der Waals surface area contributed by atoms with E-state index in [1.807, 2.05) is 6.92 Å². The van der Waals surface area contributed by atoms with Crippen molar-refractivity contribution >= 4 is 52.0 Å². The van der Waals surface area contributed by atoms with Crippen molar-refractivity contribution in [1.29, 1.82) is 0 Å². The zero-order valence-electron chi connectivity index (χ0n) is 13.1. The third-order valence-electron chi connectivity index (χ3n) is 3.37. The third-order valence-corrected chi connectivity index (χ3v) is 4.36. The fourth-order valence-electron chi connectivity index (χ4n) is 2.07. The van der Waals surface area contributed by atoms with Crippen LogP contribution in [0.3, 0.4) is 0 Å². The number of aryl methyl sites for hydroxylation is 1. The van der Waals surface area contributed by atoms with Crippen molar-refractivity contribution < 1.29 is 4.74 Å². The maximum atomic E-state index is 6.15. The summed E-state index contributed by atoms with van der Waals surface area (Å²) in [5.74, 6) is 1.15. The Morgan fingerprint density at radius 2 is 1.76 bits per heavy atom. The molecule has 0 unspecified atom stereocenters. The lowest BCUT2D eigenvalue weighted by molar-refractivity contribution is 0.464. The summed E-state index contributed by atoms with van der Waals surface area (Å²) < 4.78 is 5.74. The SMILES string of the molecule is Cc1cc(Oc2ncnc(Nc3cc(Cl)ccc3Cl)c2N)ccc1Cl. The van der Waals surface area contributed by atoms with Crippen LogP contribution in [0, 0.1) is 6.92 Å². The molecule has 3 rings (SSSR count). The van der Waals surface area contributed by atoms with Crippen molar-refractivity contribution in [3.05, 3.63) is 63.4 Å². The monoisotopic (exact) mass is 394 g/mol. The van der Waals surface area contributed by atoms with Gasteiger partial charge in [-0.25, -0.2) is 4.98 Å². The number of nitrogens with two attached hydrogens (primary N) is 1. The number of hydrogen-bond donors (Lipinski definition) is 2. The summed E-state index contributed by atoms with van der Waals surface area (Å²) in [6, 6.07) is 10.3. The second-order valence-corrected chi connectivity index (χ2v) is 6.45. The predicted molar refractivity (Wildman–Crippen MR) is 102 cm³/mol. The number of nitrogens with zero attached hydrogens (tertiary/aromatic N) is 2. The summed E-state index contributed by atoms with van der Waals surface area (Å²) in [6.07, 6.45) is 1.34. The van der Waals surface area contributed by atoms with E-state index < -0.39 is 0 Å². The van der Waals surface area contributed by atoms with Gasteiger partial charge in [0.25, 0.3) is 0 Å².